The lowest BCUT2D eigenvalue weighted by molar-refractivity contribution is -0.147. The summed E-state index contributed by atoms with van der Waals surface area (Å²) >= 11 is 0. The highest BCUT2D eigenvalue weighted by Gasteiger charge is 2.38. The Kier molecular flexibility index (Phi) is 7.41. The first kappa shape index (κ1) is 28.0. The molecule has 0 saturated carbocycles. The molecule has 0 radical (unpaired) electrons. The lowest BCUT2D eigenvalue weighted by Crippen LogP contribution is -2.41. The number of halogens is 3. The van der Waals surface area contributed by atoms with Gasteiger partial charge in [-0.15, -0.1) is 5.10 Å². The summed E-state index contributed by atoms with van der Waals surface area (Å²) in [7, 11) is 0. The molecule has 0 bridgehead atoms. The summed E-state index contributed by atoms with van der Waals surface area (Å²) in [5.41, 5.74) is 0.870. The van der Waals surface area contributed by atoms with Crippen molar-refractivity contribution < 1.29 is 22.8 Å². The zero-order valence-electron chi connectivity index (χ0n) is 21.9. The molecule has 0 aliphatic carbocycles. The number of alkyl halides is 3. The minimum atomic E-state index is -4.79. The third-order valence-electron chi connectivity index (χ3n) is 5.53. The number of aromatic nitrogens is 6. The van der Waals surface area contributed by atoms with Crippen molar-refractivity contribution in [3.05, 3.63) is 82.4 Å². The van der Waals surface area contributed by atoms with Crippen LogP contribution in [0.25, 0.3) is 5.69 Å². The van der Waals surface area contributed by atoms with Crippen molar-refractivity contribution in [3.8, 4) is 11.8 Å². The Bertz CT molecular complexity index is 1610. The number of nitriles is 1. The minimum Gasteiger partial charge on any atom is -0.347 e. The number of carbonyl (C=O) groups excluding carboxylic acids is 2. The fourth-order valence-electron chi connectivity index (χ4n) is 3.88. The summed E-state index contributed by atoms with van der Waals surface area (Å²) in [5, 5.41) is 28.9. The Morgan fingerprint density at radius 2 is 1.75 bits per heavy atom. The Morgan fingerprint density at radius 3 is 2.38 bits per heavy atom. The molecule has 0 atom stereocenters. The van der Waals surface area contributed by atoms with Crippen LogP contribution in [0.4, 0.5) is 18.9 Å². The Balaban J connectivity index is 1.76. The summed E-state index contributed by atoms with van der Waals surface area (Å²) in [5.74, 6) is -2.50. The van der Waals surface area contributed by atoms with E-state index in [4.69, 9.17) is 0 Å². The lowest BCUT2D eigenvalue weighted by Gasteiger charge is -2.22. The zero-order chi connectivity index (χ0) is 29.2. The van der Waals surface area contributed by atoms with E-state index < -0.39 is 35.9 Å². The highest BCUT2D eigenvalue weighted by molar-refractivity contribution is 6.09. The second-order valence-corrected chi connectivity index (χ2v) is 9.91. The van der Waals surface area contributed by atoms with Crippen LogP contribution in [0.1, 0.15) is 64.3 Å². The molecule has 206 valence electrons. The summed E-state index contributed by atoms with van der Waals surface area (Å²) < 4.78 is 41.7. The highest BCUT2D eigenvalue weighted by atomic mass is 19.4. The SMILES string of the molecule is Cc1cc(C#N)cc(C(=O)NC(C)(C)C)c1NC(=O)c1cc(Cn2nnnc2C(F)(F)F)nn1-c1ccccc1. The predicted octanol–water partition coefficient (Wildman–Crippen LogP) is 3.89. The Morgan fingerprint density at radius 1 is 1.05 bits per heavy atom. The lowest BCUT2D eigenvalue weighted by atomic mass is 10.0. The second kappa shape index (κ2) is 10.6. The van der Waals surface area contributed by atoms with Crippen LogP contribution >= 0.6 is 0 Å². The number of aryl methyl sites for hydroxylation is 1. The van der Waals surface area contributed by atoms with Gasteiger partial charge in [-0.05, 0) is 74.0 Å². The normalized spacial score (nSPS) is 11.7. The van der Waals surface area contributed by atoms with Gasteiger partial charge in [-0.1, -0.05) is 18.2 Å². The number of hydrogen-bond donors (Lipinski definition) is 2. The molecule has 0 fully saturated rings. The predicted molar refractivity (Wildman–Crippen MR) is 137 cm³/mol. The van der Waals surface area contributed by atoms with Crippen molar-refractivity contribution in [3.63, 3.8) is 0 Å². The van der Waals surface area contributed by atoms with E-state index in [0.29, 0.717) is 15.9 Å². The smallest absolute Gasteiger partial charge is 0.347 e. The maximum atomic E-state index is 13.6. The molecule has 4 aromatic rings. The van der Waals surface area contributed by atoms with Crippen molar-refractivity contribution in [2.75, 3.05) is 5.32 Å². The molecule has 0 spiro atoms. The molecule has 0 unspecified atom stereocenters. The fraction of sp³-hybridized carbons (Fsp3) is 0.269. The van der Waals surface area contributed by atoms with Crippen molar-refractivity contribution in [2.45, 2.75) is 46.0 Å². The highest BCUT2D eigenvalue weighted by Crippen LogP contribution is 2.28. The Labute approximate surface area is 226 Å². The first-order valence-corrected chi connectivity index (χ1v) is 11.9. The van der Waals surface area contributed by atoms with Gasteiger partial charge in [0.15, 0.2) is 0 Å². The average molecular weight is 552 g/mol. The van der Waals surface area contributed by atoms with E-state index in [1.54, 1.807) is 58.0 Å². The number of hydrogen-bond acceptors (Lipinski definition) is 7. The Hall–Kier alpha value is -5.06. The van der Waals surface area contributed by atoms with E-state index in [2.05, 4.69) is 31.3 Å². The van der Waals surface area contributed by atoms with Gasteiger partial charge >= 0.3 is 6.18 Å². The van der Waals surface area contributed by atoms with Gasteiger partial charge in [0, 0.05) is 5.54 Å². The molecule has 0 aliphatic heterocycles. The van der Waals surface area contributed by atoms with Crippen LogP contribution < -0.4 is 10.6 Å². The van der Waals surface area contributed by atoms with Gasteiger partial charge in [0.25, 0.3) is 17.6 Å². The van der Waals surface area contributed by atoms with E-state index in [-0.39, 0.29) is 28.2 Å². The average Bonchev–Trinajstić information content (AvgIpc) is 3.52. The van der Waals surface area contributed by atoms with E-state index in [1.807, 2.05) is 6.07 Å². The van der Waals surface area contributed by atoms with E-state index in [1.165, 1.54) is 22.9 Å². The topological polar surface area (TPSA) is 143 Å². The number of nitrogens with zero attached hydrogens (tertiary/aromatic N) is 7. The third-order valence-corrected chi connectivity index (χ3v) is 5.53. The molecular weight excluding hydrogens is 527 g/mol. The monoisotopic (exact) mass is 551 g/mol. The van der Waals surface area contributed by atoms with E-state index in [9.17, 15) is 28.0 Å². The van der Waals surface area contributed by atoms with Gasteiger partial charge in [0.1, 0.15) is 5.69 Å². The first-order chi connectivity index (χ1) is 18.8. The first-order valence-electron chi connectivity index (χ1n) is 11.9. The quantitative estimate of drug-likeness (QED) is 0.370. The van der Waals surface area contributed by atoms with Crippen molar-refractivity contribution in [1.29, 1.82) is 5.26 Å². The van der Waals surface area contributed by atoms with Crippen molar-refractivity contribution in [1.82, 2.24) is 35.3 Å². The van der Waals surface area contributed by atoms with Gasteiger partial charge in [0.05, 0.1) is 40.8 Å². The maximum absolute atomic E-state index is 13.6. The summed E-state index contributed by atoms with van der Waals surface area (Å²) in [6.07, 6.45) is -4.79. The van der Waals surface area contributed by atoms with Gasteiger partial charge < -0.3 is 10.6 Å². The molecule has 4 rings (SSSR count). The van der Waals surface area contributed by atoms with Crippen LogP contribution in [-0.2, 0) is 12.7 Å². The molecular formula is C26H24F3N9O2. The van der Waals surface area contributed by atoms with Gasteiger partial charge in [-0.2, -0.15) is 23.5 Å². The third kappa shape index (κ3) is 6.15. The van der Waals surface area contributed by atoms with E-state index in [0.717, 1.165) is 0 Å². The van der Waals surface area contributed by atoms with Gasteiger partial charge in [-0.25, -0.2) is 9.36 Å². The molecule has 2 heterocycles. The summed E-state index contributed by atoms with van der Waals surface area (Å²) in [6.45, 7) is 6.55. The number of benzene rings is 2. The minimum absolute atomic E-state index is 0.0197. The van der Waals surface area contributed by atoms with Gasteiger partial charge in [0.2, 0.25) is 0 Å². The second-order valence-electron chi connectivity index (χ2n) is 9.91. The number of carbonyl (C=O) groups is 2. The number of rotatable bonds is 6. The van der Waals surface area contributed by atoms with Crippen molar-refractivity contribution in [2.24, 2.45) is 0 Å². The number of anilines is 1. The largest absolute Gasteiger partial charge is 0.453 e. The van der Waals surface area contributed by atoms with Crippen LogP contribution in [0.15, 0.2) is 48.5 Å². The molecule has 40 heavy (non-hydrogen) atoms. The zero-order valence-corrected chi connectivity index (χ0v) is 21.9. The van der Waals surface area contributed by atoms with Crippen LogP contribution in [0.3, 0.4) is 0 Å². The molecule has 2 amide bonds. The number of tetrazole rings is 1. The number of nitrogens with one attached hydrogen (secondary N) is 2. The van der Waals surface area contributed by atoms with E-state index >= 15 is 0 Å². The number of amides is 2. The number of para-hydroxylation sites is 1. The standard InChI is InChI=1S/C26H24F3N9O2/c1-15-10-16(13-30)11-19(22(39)32-25(2,3)4)21(15)31-23(40)20-12-17(34-38(20)18-8-6-5-7-9-18)14-37-24(26(27,28)29)33-35-36-37/h5-12H,14H2,1-4H3,(H,31,40)(H,32,39). The molecule has 0 aliphatic rings. The van der Waals surface area contributed by atoms with Crippen LogP contribution in [0, 0.1) is 18.3 Å². The molecule has 2 aromatic heterocycles. The molecule has 0 saturated heterocycles. The van der Waals surface area contributed by atoms with Crippen molar-refractivity contribution >= 4 is 17.5 Å². The molecule has 11 nitrogen and oxygen atoms in total. The molecule has 14 heteroatoms. The maximum Gasteiger partial charge on any atom is 0.453 e. The molecule has 2 aromatic carbocycles. The van der Waals surface area contributed by atoms with Crippen LogP contribution in [0.5, 0.6) is 0 Å². The fourth-order valence-corrected chi connectivity index (χ4v) is 3.88. The molecule has 2 N–H and O–H groups in total. The van der Waals surface area contributed by atoms with Crippen LogP contribution in [-0.4, -0.2) is 47.3 Å². The summed E-state index contributed by atoms with van der Waals surface area (Å²) in [6, 6.07) is 14.7. The summed E-state index contributed by atoms with van der Waals surface area (Å²) in [4.78, 5) is 26.7. The van der Waals surface area contributed by atoms with Gasteiger partial charge in [-0.3, -0.25) is 9.59 Å². The van der Waals surface area contributed by atoms with Crippen LogP contribution in [0.2, 0.25) is 0 Å².